The minimum atomic E-state index is -0.545. The number of halogens is 2. The Bertz CT molecular complexity index is 336. The van der Waals surface area contributed by atoms with Crippen LogP contribution < -0.4 is 0 Å². The lowest BCUT2D eigenvalue weighted by molar-refractivity contribution is 0.309. The molecule has 1 rings (SSSR count). The highest BCUT2D eigenvalue weighted by atomic mass is 19.1. The summed E-state index contributed by atoms with van der Waals surface area (Å²) in [6.07, 6.45) is 0. The Hall–Kier alpha value is -1.29. The second-order valence-electron chi connectivity index (χ2n) is 2.51. The second kappa shape index (κ2) is 4.09. The molecule has 0 aromatic heterocycles. The third-order valence-corrected chi connectivity index (χ3v) is 1.63. The molecule has 0 aliphatic carbocycles. The molecule has 13 heavy (non-hydrogen) atoms. The zero-order chi connectivity index (χ0) is 9.84. The van der Waals surface area contributed by atoms with Crippen molar-refractivity contribution in [3.8, 4) is 0 Å². The SMILES string of the molecule is CC(=NCO)c1cc(F)ccc1F. The molecule has 0 heterocycles. The van der Waals surface area contributed by atoms with Gasteiger partial charge in [-0.2, -0.15) is 0 Å². The molecule has 0 aliphatic rings. The molecule has 0 saturated carbocycles. The standard InChI is InChI=1S/C9H9F2NO/c1-6(12-5-13)8-4-7(10)2-3-9(8)11/h2-4,13H,5H2,1H3. The fourth-order valence-corrected chi connectivity index (χ4v) is 0.966. The van der Waals surface area contributed by atoms with Gasteiger partial charge in [-0.05, 0) is 25.1 Å². The van der Waals surface area contributed by atoms with Crippen LogP contribution in [0.5, 0.6) is 0 Å². The second-order valence-corrected chi connectivity index (χ2v) is 2.51. The number of aliphatic hydroxyl groups excluding tert-OH is 1. The van der Waals surface area contributed by atoms with Crippen LogP contribution in [0, 0.1) is 11.6 Å². The van der Waals surface area contributed by atoms with Crippen LogP contribution in [0.3, 0.4) is 0 Å². The quantitative estimate of drug-likeness (QED) is 0.699. The molecule has 70 valence electrons. The van der Waals surface area contributed by atoms with Crippen molar-refractivity contribution in [3.63, 3.8) is 0 Å². The van der Waals surface area contributed by atoms with Gasteiger partial charge in [0.25, 0.3) is 0 Å². The summed E-state index contributed by atoms with van der Waals surface area (Å²) in [6, 6.07) is 3.11. The number of rotatable bonds is 2. The molecule has 0 radical (unpaired) electrons. The van der Waals surface area contributed by atoms with Crippen LogP contribution in [0.4, 0.5) is 8.78 Å². The maximum atomic E-state index is 13.0. The fourth-order valence-electron chi connectivity index (χ4n) is 0.966. The fraction of sp³-hybridized carbons (Fsp3) is 0.222. The van der Waals surface area contributed by atoms with Crippen molar-refractivity contribution in [1.82, 2.24) is 0 Å². The average Bonchev–Trinajstić information content (AvgIpc) is 2.09. The molecular formula is C9H9F2NO. The molecule has 0 bridgehead atoms. The first kappa shape index (κ1) is 9.80. The maximum Gasteiger partial charge on any atom is 0.134 e. The molecular weight excluding hydrogens is 176 g/mol. The van der Waals surface area contributed by atoms with Gasteiger partial charge in [-0.25, -0.2) is 8.78 Å². The van der Waals surface area contributed by atoms with Gasteiger partial charge in [0.1, 0.15) is 18.4 Å². The van der Waals surface area contributed by atoms with Gasteiger partial charge in [0, 0.05) is 11.3 Å². The molecule has 0 aliphatic heterocycles. The number of nitrogens with zero attached hydrogens (tertiary/aromatic N) is 1. The van der Waals surface area contributed by atoms with E-state index in [0.717, 1.165) is 18.2 Å². The summed E-state index contributed by atoms with van der Waals surface area (Å²) in [4.78, 5) is 3.56. The van der Waals surface area contributed by atoms with E-state index in [0.29, 0.717) is 0 Å². The van der Waals surface area contributed by atoms with Crippen molar-refractivity contribution in [2.75, 3.05) is 6.73 Å². The van der Waals surface area contributed by atoms with Gasteiger partial charge >= 0.3 is 0 Å². The van der Waals surface area contributed by atoms with Crippen LogP contribution in [-0.2, 0) is 0 Å². The van der Waals surface area contributed by atoms with Crippen molar-refractivity contribution in [3.05, 3.63) is 35.4 Å². The Labute approximate surface area is 74.5 Å². The molecule has 0 amide bonds. The van der Waals surface area contributed by atoms with Gasteiger partial charge in [-0.3, -0.25) is 4.99 Å². The van der Waals surface area contributed by atoms with E-state index in [9.17, 15) is 8.78 Å². The molecule has 4 heteroatoms. The zero-order valence-corrected chi connectivity index (χ0v) is 7.09. The van der Waals surface area contributed by atoms with Crippen LogP contribution in [0.25, 0.3) is 0 Å². The summed E-state index contributed by atoms with van der Waals surface area (Å²) in [6.45, 7) is 1.08. The Balaban J connectivity index is 3.13. The Kier molecular flexibility index (Phi) is 3.08. The van der Waals surface area contributed by atoms with Crippen LogP contribution in [0.1, 0.15) is 12.5 Å². The number of hydrogen-bond donors (Lipinski definition) is 1. The van der Waals surface area contributed by atoms with Crippen LogP contribution >= 0.6 is 0 Å². The van der Waals surface area contributed by atoms with Crippen LogP contribution in [-0.4, -0.2) is 17.5 Å². The summed E-state index contributed by atoms with van der Waals surface area (Å²) >= 11 is 0. The van der Waals surface area contributed by atoms with E-state index in [4.69, 9.17) is 5.11 Å². The minimum Gasteiger partial charge on any atom is -0.375 e. The molecule has 1 aromatic carbocycles. The smallest absolute Gasteiger partial charge is 0.134 e. The van der Waals surface area contributed by atoms with Crippen molar-refractivity contribution < 1.29 is 13.9 Å². The molecule has 1 aromatic rings. The van der Waals surface area contributed by atoms with Crippen LogP contribution in [0.15, 0.2) is 23.2 Å². The highest BCUT2D eigenvalue weighted by molar-refractivity contribution is 5.98. The summed E-state index contributed by atoms with van der Waals surface area (Å²) in [5.41, 5.74) is 0.355. The van der Waals surface area contributed by atoms with Gasteiger partial charge in [0.05, 0.1) is 0 Å². The van der Waals surface area contributed by atoms with Crippen LogP contribution in [0.2, 0.25) is 0 Å². The monoisotopic (exact) mass is 185 g/mol. The molecule has 2 nitrogen and oxygen atoms in total. The van der Waals surface area contributed by atoms with E-state index in [1.54, 1.807) is 0 Å². The highest BCUT2D eigenvalue weighted by Crippen LogP contribution is 2.10. The molecule has 0 saturated heterocycles. The predicted octanol–water partition coefficient (Wildman–Crippen LogP) is 1.72. The lowest BCUT2D eigenvalue weighted by Crippen LogP contribution is -2.00. The first-order chi connectivity index (χ1) is 6.15. The Morgan fingerprint density at radius 1 is 1.46 bits per heavy atom. The lowest BCUT2D eigenvalue weighted by Gasteiger charge is -2.01. The molecule has 0 atom stereocenters. The van der Waals surface area contributed by atoms with Gasteiger partial charge < -0.3 is 5.11 Å². The lowest BCUT2D eigenvalue weighted by atomic mass is 10.1. The van der Waals surface area contributed by atoms with E-state index in [1.165, 1.54) is 6.92 Å². The van der Waals surface area contributed by atoms with Crippen molar-refractivity contribution in [2.24, 2.45) is 4.99 Å². The number of hydrogen-bond acceptors (Lipinski definition) is 2. The predicted molar refractivity (Wildman–Crippen MR) is 45.7 cm³/mol. The van der Waals surface area contributed by atoms with E-state index < -0.39 is 18.4 Å². The number of aliphatic hydroxyl groups is 1. The third kappa shape index (κ3) is 2.32. The van der Waals surface area contributed by atoms with Gasteiger partial charge in [-0.15, -0.1) is 0 Å². The maximum absolute atomic E-state index is 13.0. The molecule has 0 unspecified atom stereocenters. The molecule has 1 N–H and O–H groups in total. The zero-order valence-electron chi connectivity index (χ0n) is 7.09. The van der Waals surface area contributed by atoms with Crippen molar-refractivity contribution in [1.29, 1.82) is 0 Å². The normalized spacial score (nSPS) is 11.8. The highest BCUT2D eigenvalue weighted by Gasteiger charge is 2.05. The van der Waals surface area contributed by atoms with E-state index in [-0.39, 0.29) is 11.3 Å². The summed E-state index contributed by atoms with van der Waals surface area (Å²) < 4.78 is 25.7. The van der Waals surface area contributed by atoms with Crippen molar-refractivity contribution >= 4 is 5.71 Å². The third-order valence-electron chi connectivity index (χ3n) is 1.63. The Morgan fingerprint density at radius 3 is 2.77 bits per heavy atom. The van der Waals surface area contributed by atoms with Gasteiger partial charge in [-0.1, -0.05) is 0 Å². The molecule has 0 spiro atoms. The number of benzene rings is 1. The van der Waals surface area contributed by atoms with E-state index in [1.807, 2.05) is 0 Å². The van der Waals surface area contributed by atoms with Crippen molar-refractivity contribution in [2.45, 2.75) is 6.92 Å². The first-order valence-electron chi connectivity index (χ1n) is 3.72. The van der Waals surface area contributed by atoms with E-state index >= 15 is 0 Å². The average molecular weight is 185 g/mol. The largest absolute Gasteiger partial charge is 0.375 e. The van der Waals surface area contributed by atoms with Gasteiger partial charge in [0.15, 0.2) is 0 Å². The summed E-state index contributed by atoms with van der Waals surface area (Å²) in [5.74, 6) is -1.07. The number of aliphatic imine (C=N–C) groups is 1. The minimum absolute atomic E-state index is 0.0778. The summed E-state index contributed by atoms with van der Waals surface area (Å²) in [5, 5.41) is 8.45. The Morgan fingerprint density at radius 2 is 2.15 bits per heavy atom. The topological polar surface area (TPSA) is 32.6 Å². The van der Waals surface area contributed by atoms with Gasteiger partial charge in [0.2, 0.25) is 0 Å². The molecule has 0 fully saturated rings. The summed E-state index contributed by atoms with van der Waals surface area (Å²) in [7, 11) is 0. The first-order valence-corrected chi connectivity index (χ1v) is 3.72. The van der Waals surface area contributed by atoms with E-state index in [2.05, 4.69) is 4.99 Å².